The molecule has 1 heterocycles. The summed E-state index contributed by atoms with van der Waals surface area (Å²) in [5.41, 5.74) is 1.15. The zero-order chi connectivity index (χ0) is 13.0. The molecule has 2 N–H and O–H groups in total. The maximum Gasteiger partial charge on any atom is 0.306 e. The van der Waals surface area contributed by atoms with Crippen molar-refractivity contribution >= 4 is 5.97 Å². The summed E-state index contributed by atoms with van der Waals surface area (Å²) in [6.07, 6.45) is 4.69. The molecular weight excluding hydrogens is 230 g/mol. The number of aryl methyl sites for hydroxylation is 1. The minimum Gasteiger partial charge on any atom is -0.481 e. The molecule has 1 aromatic rings. The Morgan fingerprint density at radius 1 is 1.61 bits per heavy atom. The number of aliphatic carboxylic acids is 1. The van der Waals surface area contributed by atoms with Gasteiger partial charge in [-0.1, -0.05) is 6.42 Å². The lowest BCUT2D eigenvalue weighted by molar-refractivity contribution is -0.142. The van der Waals surface area contributed by atoms with E-state index in [2.05, 4.69) is 17.3 Å². The smallest absolute Gasteiger partial charge is 0.306 e. The highest BCUT2D eigenvalue weighted by Crippen LogP contribution is 2.31. The van der Waals surface area contributed by atoms with Gasteiger partial charge in [0.05, 0.1) is 11.6 Å². The van der Waals surface area contributed by atoms with Gasteiger partial charge in [0.25, 0.3) is 0 Å². The normalized spacial score (nSPS) is 23.4. The lowest BCUT2D eigenvalue weighted by Gasteiger charge is -2.16. The van der Waals surface area contributed by atoms with Crippen LogP contribution in [0.1, 0.15) is 31.9 Å². The first-order chi connectivity index (χ1) is 8.72. The molecule has 100 valence electrons. The fraction of sp³-hybridized carbons (Fsp3) is 0.692. The number of carboxylic acids is 1. The second kappa shape index (κ2) is 6.00. The summed E-state index contributed by atoms with van der Waals surface area (Å²) >= 11 is 0. The van der Waals surface area contributed by atoms with E-state index in [0.717, 1.165) is 44.6 Å². The standard InChI is InChI=1S/C13H21N3O2/c1-2-16-11(6-7-15-16)9-14-8-10-4-3-5-12(10)13(17)18/h6-7,10,12,14H,2-5,8-9H2,1H3,(H,17,18). The van der Waals surface area contributed by atoms with Crippen molar-refractivity contribution in [3.63, 3.8) is 0 Å². The molecule has 1 aliphatic carbocycles. The van der Waals surface area contributed by atoms with Crippen LogP contribution in [0.2, 0.25) is 0 Å². The Hall–Kier alpha value is -1.36. The van der Waals surface area contributed by atoms with Gasteiger partial charge in [0, 0.05) is 19.3 Å². The number of nitrogens with zero attached hydrogens (tertiary/aromatic N) is 2. The summed E-state index contributed by atoms with van der Waals surface area (Å²) < 4.78 is 1.95. The SMILES string of the molecule is CCn1nccc1CNCC1CCCC1C(=O)O. The van der Waals surface area contributed by atoms with Gasteiger partial charge in [0.15, 0.2) is 0 Å². The van der Waals surface area contributed by atoms with Gasteiger partial charge in [-0.2, -0.15) is 5.10 Å². The summed E-state index contributed by atoms with van der Waals surface area (Å²) in [6, 6.07) is 2.00. The van der Waals surface area contributed by atoms with Crippen LogP contribution in [0.5, 0.6) is 0 Å². The highest BCUT2D eigenvalue weighted by Gasteiger charge is 2.32. The van der Waals surface area contributed by atoms with Crippen molar-refractivity contribution in [1.82, 2.24) is 15.1 Å². The summed E-state index contributed by atoms with van der Waals surface area (Å²) in [7, 11) is 0. The first kappa shape index (κ1) is 13.1. The van der Waals surface area contributed by atoms with E-state index in [1.165, 1.54) is 0 Å². The third-order valence-corrected chi connectivity index (χ3v) is 3.79. The van der Waals surface area contributed by atoms with Crippen molar-refractivity contribution in [3.05, 3.63) is 18.0 Å². The predicted octanol–water partition coefficient (Wildman–Crippen LogP) is 1.49. The Balaban J connectivity index is 1.80. The van der Waals surface area contributed by atoms with Crippen molar-refractivity contribution in [3.8, 4) is 0 Å². The summed E-state index contributed by atoms with van der Waals surface area (Å²) in [5, 5.41) is 16.7. The number of aromatic nitrogens is 2. The number of carbonyl (C=O) groups is 1. The molecule has 0 amide bonds. The molecule has 1 fully saturated rings. The molecule has 1 saturated carbocycles. The van der Waals surface area contributed by atoms with Crippen molar-refractivity contribution in [2.75, 3.05) is 6.54 Å². The Morgan fingerprint density at radius 3 is 3.17 bits per heavy atom. The molecule has 0 aliphatic heterocycles. The molecule has 0 aromatic carbocycles. The monoisotopic (exact) mass is 251 g/mol. The van der Waals surface area contributed by atoms with Crippen LogP contribution >= 0.6 is 0 Å². The van der Waals surface area contributed by atoms with E-state index in [1.54, 1.807) is 6.20 Å². The van der Waals surface area contributed by atoms with E-state index >= 15 is 0 Å². The van der Waals surface area contributed by atoms with Crippen molar-refractivity contribution in [2.24, 2.45) is 11.8 Å². The molecule has 5 nitrogen and oxygen atoms in total. The van der Waals surface area contributed by atoms with Crippen LogP contribution in [0.3, 0.4) is 0 Å². The topological polar surface area (TPSA) is 67.2 Å². The van der Waals surface area contributed by atoms with Gasteiger partial charge in [-0.05, 0) is 38.3 Å². The van der Waals surface area contributed by atoms with Gasteiger partial charge in [-0.25, -0.2) is 0 Å². The molecule has 0 bridgehead atoms. The lowest BCUT2D eigenvalue weighted by Crippen LogP contribution is -2.29. The van der Waals surface area contributed by atoms with E-state index in [0.29, 0.717) is 0 Å². The Labute approximate surface area is 107 Å². The third-order valence-electron chi connectivity index (χ3n) is 3.79. The maximum absolute atomic E-state index is 11.1. The van der Waals surface area contributed by atoms with E-state index in [9.17, 15) is 4.79 Å². The third kappa shape index (κ3) is 2.90. The van der Waals surface area contributed by atoms with Crippen molar-refractivity contribution in [1.29, 1.82) is 0 Å². The van der Waals surface area contributed by atoms with Crippen LogP contribution in [0, 0.1) is 11.8 Å². The summed E-state index contributed by atoms with van der Waals surface area (Å²) in [4.78, 5) is 11.1. The fourth-order valence-corrected chi connectivity index (χ4v) is 2.79. The van der Waals surface area contributed by atoms with Crippen molar-refractivity contribution < 1.29 is 9.90 Å². The quantitative estimate of drug-likeness (QED) is 0.804. The predicted molar refractivity (Wildman–Crippen MR) is 68.1 cm³/mol. The molecule has 2 atom stereocenters. The molecule has 1 aliphatic rings. The van der Waals surface area contributed by atoms with Crippen LogP contribution in [0.25, 0.3) is 0 Å². The van der Waals surface area contributed by atoms with Gasteiger partial charge in [0.2, 0.25) is 0 Å². The van der Waals surface area contributed by atoms with Crippen LogP contribution < -0.4 is 5.32 Å². The van der Waals surface area contributed by atoms with E-state index in [1.807, 2.05) is 10.7 Å². The molecule has 0 radical (unpaired) electrons. The second-order valence-corrected chi connectivity index (χ2v) is 4.90. The molecule has 0 spiro atoms. The number of nitrogens with one attached hydrogen (secondary N) is 1. The van der Waals surface area contributed by atoms with E-state index < -0.39 is 5.97 Å². The first-order valence-corrected chi connectivity index (χ1v) is 6.66. The molecule has 1 aromatic heterocycles. The highest BCUT2D eigenvalue weighted by atomic mass is 16.4. The largest absolute Gasteiger partial charge is 0.481 e. The molecule has 18 heavy (non-hydrogen) atoms. The van der Waals surface area contributed by atoms with E-state index in [4.69, 9.17) is 5.11 Å². The number of hydrogen-bond donors (Lipinski definition) is 2. The maximum atomic E-state index is 11.1. The average Bonchev–Trinajstić information content (AvgIpc) is 2.97. The Kier molecular flexibility index (Phi) is 4.36. The highest BCUT2D eigenvalue weighted by molar-refractivity contribution is 5.70. The number of carboxylic acid groups (broad SMARTS) is 1. The number of rotatable bonds is 6. The lowest BCUT2D eigenvalue weighted by atomic mass is 9.96. The molecule has 0 saturated heterocycles. The van der Waals surface area contributed by atoms with Gasteiger partial charge in [-0.3, -0.25) is 9.48 Å². The molecule has 2 unspecified atom stereocenters. The minimum atomic E-state index is -0.641. The van der Waals surface area contributed by atoms with Crippen LogP contribution in [0.15, 0.2) is 12.3 Å². The van der Waals surface area contributed by atoms with Gasteiger partial charge in [0.1, 0.15) is 0 Å². The van der Waals surface area contributed by atoms with Crippen molar-refractivity contribution in [2.45, 2.75) is 39.3 Å². The van der Waals surface area contributed by atoms with Crippen LogP contribution in [-0.2, 0) is 17.9 Å². The van der Waals surface area contributed by atoms with Gasteiger partial charge < -0.3 is 10.4 Å². The zero-order valence-corrected chi connectivity index (χ0v) is 10.8. The summed E-state index contributed by atoms with van der Waals surface area (Å²) in [6.45, 7) is 4.47. The van der Waals surface area contributed by atoms with Crippen LogP contribution in [0.4, 0.5) is 0 Å². The Morgan fingerprint density at radius 2 is 2.44 bits per heavy atom. The average molecular weight is 251 g/mol. The summed E-state index contributed by atoms with van der Waals surface area (Å²) in [5.74, 6) is -0.521. The zero-order valence-electron chi connectivity index (χ0n) is 10.8. The van der Waals surface area contributed by atoms with Gasteiger partial charge in [-0.15, -0.1) is 0 Å². The van der Waals surface area contributed by atoms with Gasteiger partial charge >= 0.3 is 5.97 Å². The molecule has 5 heteroatoms. The minimum absolute atomic E-state index is 0.159. The fourth-order valence-electron chi connectivity index (χ4n) is 2.79. The first-order valence-electron chi connectivity index (χ1n) is 6.66. The Bertz CT molecular complexity index is 403. The van der Waals surface area contributed by atoms with Crippen LogP contribution in [-0.4, -0.2) is 27.4 Å². The molecule has 2 rings (SSSR count). The van der Waals surface area contributed by atoms with E-state index in [-0.39, 0.29) is 11.8 Å². The molecular formula is C13H21N3O2. The second-order valence-electron chi connectivity index (χ2n) is 4.90. The number of hydrogen-bond acceptors (Lipinski definition) is 3.